The molecule has 35 heavy (non-hydrogen) atoms. The largest absolute Gasteiger partial charge is 0.598 e. The van der Waals surface area contributed by atoms with Crippen LogP contribution in [0.4, 0.5) is 5.82 Å². The summed E-state index contributed by atoms with van der Waals surface area (Å²) < 4.78 is 29.8. The quantitative estimate of drug-likeness (QED) is 0.468. The summed E-state index contributed by atoms with van der Waals surface area (Å²) in [6.45, 7) is 3.61. The minimum absolute atomic E-state index is 0.166. The second kappa shape index (κ2) is 11.5. The number of fused-ring (bicyclic) bond motifs is 1. The van der Waals surface area contributed by atoms with Crippen molar-refractivity contribution in [3.8, 4) is 0 Å². The van der Waals surface area contributed by atoms with E-state index in [2.05, 4.69) is 22.3 Å². The van der Waals surface area contributed by atoms with Crippen molar-refractivity contribution in [3.63, 3.8) is 0 Å². The van der Waals surface area contributed by atoms with Crippen LogP contribution in [0.25, 0.3) is 0 Å². The first-order valence-corrected chi connectivity index (χ1v) is 15.9. The Kier molecular flexibility index (Phi) is 8.42. The first kappa shape index (κ1) is 25.6. The van der Waals surface area contributed by atoms with E-state index in [4.69, 9.17) is 10.2 Å². The zero-order valence-electron chi connectivity index (χ0n) is 21.5. The second-order valence-corrected chi connectivity index (χ2v) is 13.6. The smallest absolute Gasteiger partial charge is 0.152 e. The fourth-order valence-electron chi connectivity index (χ4n) is 6.94. The molecule has 0 bridgehead atoms. The molecule has 0 aromatic carbocycles. The van der Waals surface area contributed by atoms with Crippen LogP contribution in [0, 0.1) is 5.92 Å². The third-order valence-corrected chi connectivity index (χ3v) is 11.1. The molecule has 3 aliphatic carbocycles. The molecule has 5 atom stereocenters. The molecular formula is C27H45N5O2S. The predicted octanol–water partition coefficient (Wildman–Crippen LogP) is 4.65. The molecule has 0 radical (unpaired) electrons. The van der Waals surface area contributed by atoms with E-state index in [9.17, 15) is 8.76 Å². The lowest BCUT2D eigenvalue weighted by molar-refractivity contribution is 0.317. The molecule has 5 rings (SSSR count). The highest BCUT2D eigenvalue weighted by atomic mass is 32.3. The van der Waals surface area contributed by atoms with Crippen molar-refractivity contribution in [2.45, 2.75) is 126 Å². The van der Waals surface area contributed by atoms with Gasteiger partial charge in [-0.3, -0.25) is 0 Å². The van der Waals surface area contributed by atoms with Crippen LogP contribution in [0.5, 0.6) is 0 Å². The standard InChI is InChI=1S/C27H45N5O2S/c1-19-14-15-20(17-25(19)35(33,34)29-18-22-11-7-8-16-28-22)26-23-12-5-6-13-24(23)27(32-31-26)30-21-9-3-2-4-10-21/h19-22,25,28H,2-18H2,1H3,(H2-,29,30,32,33,34). The third kappa shape index (κ3) is 6.08. The Labute approximate surface area is 212 Å². The molecule has 8 heteroatoms. The lowest BCUT2D eigenvalue weighted by Crippen LogP contribution is -2.51. The Morgan fingerprint density at radius 2 is 1.71 bits per heavy atom. The van der Waals surface area contributed by atoms with Gasteiger partial charge in [-0.05, 0) is 76.3 Å². The predicted molar refractivity (Wildman–Crippen MR) is 141 cm³/mol. The maximum Gasteiger partial charge on any atom is 0.152 e. The fourth-order valence-corrected chi connectivity index (χ4v) is 8.82. The maximum absolute atomic E-state index is 13.4. The first-order valence-electron chi connectivity index (χ1n) is 14.4. The normalized spacial score (nSPS) is 31.9. The summed E-state index contributed by atoms with van der Waals surface area (Å²) in [5, 5.41) is 16.4. The Morgan fingerprint density at radius 3 is 2.49 bits per heavy atom. The molecule has 0 amide bonds. The topological polar surface area (TPSA) is 102 Å². The van der Waals surface area contributed by atoms with E-state index in [1.807, 2.05) is 0 Å². The second-order valence-electron chi connectivity index (χ2n) is 11.6. The molecule has 3 fully saturated rings. The highest BCUT2D eigenvalue weighted by Crippen LogP contribution is 2.42. The molecule has 0 spiro atoms. The lowest BCUT2D eigenvalue weighted by atomic mass is 9.77. The summed E-state index contributed by atoms with van der Waals surface area (Å²) in [5.41, 5.74) is 3.83. The monoisotopic (exact) mass is 503 g/mol. The van der Waals surface area contributed by atoms with E-state index in [1.54, 1.807) is 0 Å². The Bertz CT molecular complexity index is 900. The minimum atomic E-state index is -3.37. The van der Waals surface area contributed by atoms with E-state index >= 15 is 0 Å². The average Bonchev–Trinajstić information content (AvgIpc) is 2.89. The highest BCUT2D eigenvalue weighted by molar-refractivity contribution is 7.96. The van der Waals surface area contributed by atoms with Gasteiger partial charge in [-0.25, -0.2) is 0 Å². The van der Waals surface area contributed by atoms with Gasteiger partial charge in [0.1, 0.15) is 15.6 Å². The van der Waals surface area contributed by atoms with Crippen molar-refractivity contribution in [2.75, 3.05) is 18.4 Å². The number of nitrogens with zero attached hydrogens (tertiary/aromatic N) is 2. The molecular weight excluding hydrogens is 458 g/mol. The number of hydrogen-bond donors (Lipinski definition) is 3. The molecule has 5 unspecified atom stereocenters. The van der Waals surface area contributed by atoms with E-state index in [-0.39, 0.29) is 23.1 Å². The number of sulfonamides is 1. The van der Waals surface area contributed by atoms with Gasteiger partial charge in [0, 0.05) is 35.9 Å². The van der Waals surface area contributed by atoms with Crippen molar-refractivity contribution >= 4 is 16.2 Å². The maximum atomic E-state index is 13.4. The van der Waals surface area contributed by atoms with E-state index in [1.165, 1.54) is 68.9 Å². The molecule has 1 saturated heterocycles. The molecule has 7 nitrogen and oxygen atoms in total. The molecule has 1 aromatic rings. The van der Waals surface area contributed by atoms with E-state index < -0.39 is 10.4 Å². The summed E-state index contributed by atoms with van der Waals surface area (Å²) in [6.07, 6.45) is 16.9. The molecule has 3 N–H and O–H groups in total. The molecule has 2 saturated carbocycles. The Morgan fingerprint density at radius 1 is 0.943 bits per heavy atom. The Hall–Kier alpha value is -1.09. The summed E-state index contributed by atoms with van der Waals surface area (Å²) in [4.78, 5) is 0. The number of hydrogen-bond acceptors (Lipinski definition) is 6. The number of anilines is 1. The molecule has 196 valence electrons. The van der Waals surface area contributed by atoms with Gasteiger partial charge >= 0.3 is 0 Å². The number of nitrogens with one attached hydrogen (secondary N) is 3. The van der Waals surface area contributed by atoms with Crippen molar-refractivity contribution in [1.29, 1.82) is 0 Å². The van der Waals surface area contributed by atoms with Crippen molar-refractivity contribution in [1.82, 2.24) is 20.2 Å². The van der Waals surface area contributed by atoms with Crippen LogP contribution in [0.3, 0.4) is 0 Å². The van der Waals surface area contributed by atoms with Gasteiger partial charge in [0.05, 0.1) is 12.2 Å². The molecule has 1 aliphatic heterocycles. The van der Waals surface area contributed by atoms with Crippen LogP contribution in [-0.4, -0.2) is 45.2 Å². The minimum Gasteiger partial charge on any atom is -0.598 e. The number of aromatic nitrogens is 2. The summed E-state index contributed by atoms with van der Waals surface area (Å²) >= 11 is 0. The summed E-state index contributed by atoms with van der Waals surface area (Å²) in [7, 11) is -3.37. The highest BCUT2D eigenvalue weighted by Gasteiger charge is 2.42. The zero-order chi connectivity index (χ0) is 24.3. The fraction of sp³-hybridized carbons (Fsp3) is 0.852. The average molecular weight is 504 g/mol. The van der Waals surface area contributed by atoms with Crippen molar-refractivity contribution < 1.29 is 8.76 Å². The number of piperidine rings is 1. The molecule has 1 aromatic heterocycles. The van der Waals surface area contributed by atoms with E-state index in [0.29, 0.717) is 19.0 Å². The van der Waals surface area contributed by atoms with Crippen molar-refractivity contribution in [2.24, 2.45) is 5.92 Å². The van der Waals surface area contributed by atoms with Gasteiger partial charge in [-0.1, -0.05) is 36.8 Å². The summed E-state index contributed by atoms with van der Waals surface area (Å²) in [5.74, 6) is 1.35. The van der Waals surface area contributed by atoms with Gasteiger partial charge in [0.15, 0.2) is 5.82 Å². The van der Waals surface area contributed by atoms with Gasteiger partial charge in [-0.2, -0.15) is 5.10 Å². The van der Waals surface area contributed by atoms with E-state index in [0.717, 1.165) is 50.2 Å². The van der Waals surface area contributed by atoms with Gasteiger partial charge in [0.2, 0.25) is 0 Å². The number of rotatable bonds is 7. The van der Waals surface area contributed by atoms with Crippen LogP contribution >= 0.6 is 0 Å². The zero-order valence-corrected chi connectivity index (χ0v) is 22.3. The van der Waals surface area contributed by atoms with Crippen LogP contribution in [0.2, 0.25) is 0 Å². The molecule has 2 heterocycles. The summed E-state index contributed by atoms with van der Waals surface area (Å²) in [6, 6.07) is 0.778. The van der Waals surface area contributed by atoms with Gasteiger partial charge in [0.25, 0.3) is 0 Å². The van der Waals surface area contributed by atoms with Gasteiger partial charge < -0.3 is 15.2 Å². The lowest BCUT2D eigenvalue weighted by Gasteiger charge is -2.37. The molecule has 4 aliphatic rings. The van der Waals surface area contributed by atoms with Crippen LogP contribution in [0.15, 0.2) is 0 Å². The van der Waals surface area contributed by atoms with Crippen LogP contribution in [0.1, 0.15) is 113 Å². The van der Waals surface area contributed by atoms with Gasteiger partial charge in [-0.15, -0.1) is 9.82 Å². The SMILES string of the molecule is CC1CCC(c2nnc(NC3CCCCC3)c3c2CCCC3)CC1[S+](=O)([O-])NCC1CCCCN1. The Balaban J connectivity index is 1.31. The van der Waals surface area contributed by atoms with Crippen LogP contribution < -0.4 is 15.4 Å². The third-order valence-electron chi connectivity index (χ3n) is 9.12. The van der Waals surface area contributed by atoms with Crippen molar-refractivity contribution in [3.05, 3.63) is 16.8 Å². The first-order chi connectivity index (χ1) is 17.0. The van der Waals surface area contributed by atoms with Crippen LogP contribution in [-0.2, 0) is 27.5 Å².